The highest BCUT2D eigenvalue weighted by atomic mass is 79.9. The van der Waals surface area contributed by atoms with Gasteiger partial charge < -0.3 is 10.1 Å². The maximum atomic E-state index is 5.95. The van der Waals surface area contributed by atoms with Gasteiger partial charge in [0.15, 0.2) is 0 Å². The number of nitrogens with one attached hydrogen (secondary N) is 1. The minimum absolute atomic E-state index is 0.668. The SMILES string of the molecule is CCNCc1ccc(COCC2CC=CCC2C)c(Br)c1. The predicted octanol–water partition coefficient (Wildman–Crippen LogP) is 4.68. The normalized spacial score (nSPS) is 21.7. The van der Waals surface area contributed by atoms with E-state index in [1.807, 2.05) is 0 Å². The first kappa shape index (κ1) is 16.7. The molecule has 0 spiro atoms. The first-order valence-electron chi connectivity index (χ1n) is 7.91. The van der Waals surface area contributed by atoms with Gasteiger partial charge >= 0.3 is 0 Å². The van der Waals surface area contributed by atoms with Crippen molar-refractivity contribution in [1.29, 1.82) is 0 Å². The second-order valence-electron chi connectivity index (χ2n) is 5.90. The Morgan fingerprint density at radius 2 is 2.10 bits per heavy atom. The molecule has 3 heteroatoms. The summed E-state index contributed by atoms with van der Waals surface area (Å²) < 4.78 is 7.10. The van der Waals surface area contributed by atoms with Crippen molar-refractivity contribution >= 4 is 15.9 Å². The molecule has 2 unspecified atom stereocenters. The third kappa shape index (κ3) is 5.24. The standard InChI is InChI=1S/C18H26BrNO/c1-3-20-11-15-8-9-17(18(19)10-15)13-21-12-16-7-5-4-6-14(16)2/h4-5,8-10,14,16,20H,3,6-7,11-13H2,1-2H3. The molecule has 0 radical (unpaired) electrons. The van der Waals surface area contributed by atoms with E-state index in [1.165, 1.54) is 17.5 Å². The monoisotopic (exact) mass is 351 g/mol. The molecule has 1 N–H and O–H groups in total. The average molecular weight is 352 g/mol. The molecule has 1 aromatic carbocycles. The Balaban J connectivity index is 1.81. The van der Waals surface area contributed by atoms with Crippen LogP contribution in [0.25, 0.3) is 0 Å². The highest BCUT2D eigenvalue weighted by Gasteiger charge is 2.18. The van der Waals surface area contributed by atoms with E-state index in [2.05, 4.69) is 65.4 Å². The molecule has 2 rings (SSSR count). The number of halogens is 1. The molecule has 1 aromatic rings. The first-order chi connectivity index (χ1) is 10.2. The Labute approximate surface area is 137 Å². The smallest absolute Gasteiger partial charge is 0.0727 e. The molecule has 0 saturated heterocycles. The van der Waals surface area contributed by atoms with E-state index in [1.54, 1.807) is 0 Å². The molecular formula is C18H26BrNO. The first-order valence-corrected chi connectivity index (χ1v) is 8.70. The number of allylic oxidation sites excluding steroid dienone is 2. The van der Waals surface area contributed by atoms with Gasteiger partial charge in [0.1, 0.15) is 0 Å². The molecule has 1 aliphatic rings. The van der Waals surface area contributed by atoms with Crippen molar-refractivity contribution in [1.82, 2.24) is 5.32 Å². The van der Waals surface area contributed by atoms with Crippen LogP contribution in [0.2, 0.25) is 0 Å². The van der Waals surface area contributed by atoms with Crippen LogP contribution in [0.3, 0.4) is 0 Å². The van der Waals surface area contributed by atoms with Crippen LogP contribution < -0.4 is 5.32 Å². The van der Waals surface area contributed by atoms with E-state index in [-0.39, 0.29) is 0 Å². The summed E-state index contributed by atoms with van der Waals surface area (Å²) in [6.07, 6.45) is 6.93. The molecule has 0 aromatic heterocycles. The maximum Gasteiger partial charge on any atom is 0.0727 e. The molecule has 2 atom stereocenters. The Bertz CT molecular complexity index is 472. The second kappa shape index (κ2) is 8.72. The highest BCUT2D eigenvalue weighted by molar-refractivity contribution is 9.10. The summed E-state index contributed by atoms with van der Waals surface area (Å²) >= 11 is 3.66. The molecule has 0 fully saturated rings. The molecule has 0 saturated carbocycles. The number of rotatable bonds is 7. The van der Waals surface area contributed by atoms with Gasteiger partial charge in [0, 0.05) is 11.0 Å². The van der Waals surface area contributed by atoms with E-state index in [0.717, 1.165) is 36.5 Å². The van der Waals surface area contributed by atoms with Gasteiger partial charge in [0.2, 0.25) is 0 Å². The molecule has 21 heavy (non-hydrogen) atoms. The van der Waals surface area contributed by atoms with Gasteiger partial charge in [-0.1, -0.05) is 54.1 Å². The molecule has 2 nitrogen and oxygen atoms in total. The summed E-state index contributed by atoms with van der Waals surface area (Å²) in [6.45, 7) is 7.91. The van der Waals surface area contributed by atoms with E-state index in [4.69, 9.17) is 4.74 Å². The van der Waals surface area contributed by atoms with Crippen molar-refractivity contribution in [3.8, 4) is 0 Å². The van der Waals surface area contributed by atoms with E-state index in [9.17, 15) is 0 Å². The Kier molecular flexibility index (Phi) is 6.94. The minimum atomic E-state index is 0.668. The van der Waals surface area contributed by atoms with Crippen molar-refractivity contribution in [3.05, 3.63) is 46.0 Å². The number of hydrogen-bond acceptors (Lipinski definition) is 2. The lowest BCUT2D eigenvalue weighted by Gasteiger charge is -2.25. The van der Waals surface area contributed by atoms with Gasteiger partial charge in [-0.25, -0.2) is 0 Å². The lowest BCUT2D eigenvalue weighted by Crippen LogP contribution is -2.19. The average Bonchev–Trinajstić information content (AvgIpc) is 2.49. The quantitative estimate of drug-likeness (QED) is 0.720. The number of benzene rings is 1. The molecule has 0 bridgehead atoms. The van der Waals surface area contributed by atoms with Crippen LogP contribution in [-0.2, 0) is 17.9 Å². The fourth-order valence-corrected chi connectivity index (χ4v) is 3.19. The van der Waals surface area contributed by atoms with Crippen LogP contribution in [-0.4, -0.2) is 13.2 Å². The largest absolute Gasteiger partial charge is 0.376 e. The van der Waals surface area contributed by atoms with Gasteiger partial charge in [-0.15, -0.1) is 0 Å². The number of ether oxygens (including phenoxy) is 1. The second-order valence-corrected chi connectivity index (χ2v) is 6.76. The van der Waals surface area contributed by atoms with Gasteiger partial charge in [0.05, 0.1) is 13.2 Å². The lowest BCUT2D eigenvalue weighted by molar-refractivity contribution is 0.0677. The van der Waals surface area contributed by atoms with Gasteiger partial charge in [0.25, 0.3) is 0 Å². The van der Waals surface area contributed by atoms with Crippen LogP contribution >= 0.6 is 15.9 Å². The van der Waals surface area contributed by atoms with Crippen molar-refractivity contribution in [2.75, 3.05) is 13.2 Å². The fraction of sp³-hybridized carbons (Fsp3) is 0.556. The van der Waals surface area contributed by atoms with Crippen LogP contribution in [0, 0.1) is 11.8 Å². The number of hydrogen-bond donors (Lipinski definition) is 1. The summed E-state index contributed by atoms with van der Waals surface area (Å²) in [7, 11) is 0. The zero-order valence-electron chi connectivity index (χ0n) is 13.1. The van der Waals surface area contributed by atoms with E-state index >= 15 is 0 Å². The van der Waals surface area contributed by atoms with Crippen LogP contribution in [0.5, 0.6) is 0 Å². The molecule has 0 heterocycles. The van der Waals surface area contributed by atoms with Crippen LogP contribution in [0.4, 0.5) is 0 Å². The summed E-state index contributed by atoms with van der Waals surface area (Å²) in [4.78, 5) is 0. The zero-order chi connectivity index (χ0) is 15.1. The Morgan fingerprint density at radius 1 is 1.29 bits per heavy atom. The van der Waals surface area contributed by atoms with Crippen LogP contribution in [0.1, 0.15) is 37.8 Å². The third-order valence-electron chi connectivity index (χ3n) is 4.20. The van der Waals surface area contributed by atoms with E-state index in [0.29, 0.717) is 12.5 Å². The summed E-state index contributed by atoms with van der Waals surface area (Å²) in [5, 5.41) is 3.34. The third-order valence-corrected chi connectivity index (χ3v) is 4.94. The Hall–Kier alpha value is -0.640. The van der Waals surface area contributed by atoms with Crippen molar-refractivity contribution < 1.29 is 4.74 Å². The van der Waals surface area contributed by atoms with E-state index < -0.39 is 0 Å². The van der Waals surface area contributed by atoms with Gasteiger partial charge in [-0.3, -0.25) is 0 Å². The topological polar surface area (TPSA) is 21.3 Å². The van der Waals surface area contributed by atoms with Crippen molar-refractivity contribution in [2.45, 2.75) is 39.8 Å². The van der Waals surface area contributed by atoms with Gasteiger partial charge in [-0.2, -0.15) is 0 Å². The summed E-state index contributed by atoms with van der Waals surface area (Å²) in [5.41, 5.74) is 2.53. The molecular weight excluding hydrogens is 326 g/mol. The molecule has 0 amide bonds. The van der Waals surface area contributed by atoms with Crippen molar-refractivity contribution in [2.24, 2.45) is 11.8 Å². The summed E-state index contributed by atoms with van der Waals surface area (Å²) in [6, 6.07) is 6.53. The zero-order valence-corrected chi connectivity index (χ0v) is 14.7. The minimum Gasteiger partial charge on any atom is -0.376 e. The predicted molar refractivity (Wildman–Crippen MR) is 92.2 cm³/mol. The van der Waals surface area contributed by atoms with Gasteiger partial charge in [-0.05, 0) is 48.4 Å². The molecule has 116 valence electrons. The lowest BCUT2D eigenvalue weighted by atomic mass is 9.85. The fourth-order valence-electron chi connectivity index (χ4n) is 2.65. The Morgan fingerprint density at radius 3 is 2.81 bits per heavy atom. The highest BCUT2D eigenvalue weighted by Crippen LogP contribution is 2.26. The molecule has 1 aliphatic carbocycles. The van der Waals surface area contributed by atoms with Crippen LogP contribution in [0.15, 0.2) is 34.8 Å². The molecule has 0 aliphatic heterocycles. The maximum absolute atomic E-state index is 5.95. The summed E-state index contributed by atoms with van der Waals surface area (Å²) in [5.74, 6) is 1.41. The van der Waals surface area contributed by atoms with Crippen molar-refractivity contribution in [3.63, 3.8) is 0 Å².